The molecule has 0 atom stereocenters. The maximum atomic E-state index is 12.9. The van der Waals surface area contributed by atoms with E-state index in [1.807, 2.05) is 0 Å². The summed E-state index contributed by atoms with van der Waals surface area (Å²) in [6.07, 6.45) is 0. The van der Waals surface area contributed by atoms with Gasteiger partial charge in [0.05, 0.1) is 11.3 Å². The van der Waals surface area contributed by atoms with Crippen molar-refractivity contribution in [1.82, 2.24) is 0 Å². The molecule has 0 fully saturated rings. The molecule has 96 valence electrons. The fraction of sp³-hybridized carbons (Fsp3) is 0.0714. The van der Waals surface area contributed by atoms with Gasteiger partial charge in [-0.1, -0.05) is 29.3 Å². The Hall–Kier alpha value is -1.76. The fourth-order valence-corrected chi connectivity index (χ4v) is 2.02. The van der Waals surface area contributed by atoms with E-state index in [2.05, 4.69) is 11.4 Å². The molecule has 19 heavy (non-hydrogen) atoms. The minimum Gasteiger partial charge on any atom is -0.380 e. The molecule has 2 rings (SSSR count). The highest BCUT2D eigenvalue weighted by molar-refractivity contribution is 6.31. The van der Waals surface area contributed by atoms with Gasteiger partial charge in [-0.25, -0.2) is 4.39 Å². The fourth-order valence-electron chi connectivity index (χ4n) is 1.62. The van der Waals surface area contributed by atoms with E-state index in [0.717, 1.165) is 5.56 Å². The Labute approximate surface area is 120 Å². The summed E-state index contributed by atoms with van der Waals surface area (Å²) in [5.41, 5.74) is 1.85. The first-order valence-electron chi connectivity index (χ1n) is 5.47. The van der Waals surface area contributed by atoms with Crippen LogP contribution in [0.2, 0.25) is 10.0 Å². The molecule has 0 aliphatic heterocycles. The molecule has 0 saturated heterocycles. The quantitative estimate of drug-likeness (QED) is 0.897. The minimum absolute atomic E-state index is 0.341. The summed E-state index contributed by atoms with van der Waals surface area (Å²) in [5.74, 6) is -0.380. The summed E-state index contributed by atoms with van der Waals surface area (Å²) in [7, 11) is 0. The zero-order chi connectivity index (χ0) is 13.8. The smallest absolute Gasteiger partial charge is 0.124 e. The van der Waals surface area contributed by atoms with Crippen LogP contribution in [0.3, 0.4) is 0 Å². The van der Waals surface area contributed by atoms with E-state index in [1.165, 1.54) is 12.1 Å². The van der Waals surface area contributed by atoms with Gasteiger partial charge in [0.2, 0.25) is 0 Å². The number of hydrogen-bond acceptors (Lipinski definition) is 2. The second-order valence-electron chi connectivity index (χ2n) is 3.89. The third kappa shape index (κ3) is 3.37. The molecule has 0 spiro atoms. The first-order chi connectivity index (χ1) is 9.10. The van der Waals surface area contributed by atoms with Gasteiger partial charge in [0.15, 0.2) is 0 Å². The molecule has 1 N–H and O–H groups in total. The SMILES string of the molecule is N#Cc1ccc(Cl)cc1NCc1ccc(F)cc1Cl. The normalized spacial score (nSPS) is 10.0. The highest BCUT2D eigenvalue weighted by atomic mass is 35.5. The lowest BCUT2D eigenvalue weighted by atomic mass is 10.1. The van der Waals surface area contributed by atoms with Crippen LogP contribution >= 0.6 is 23.2 Å². The van der Waals surface area contributed by atoms with E-state index in [1.54, 1.807) is 24.3 Å². The lowest BCUT2D eigenvalue weighted by Crippen LogP contribution is -2.02. The van der Waals surface area contributed by atoms with Gasteiger partial charge in [-0.05, 0) is 35.9 Å². The monoisotopic (exact) mass is 294 g/mol. The molecule has 0 radical (unpaired) electrons. The number of nitriles is 1. The van der Waals surface area contributed by atoms with Crippen molar-refractivity contribution in [2.45, 2.75) is 6.54 Å². The van der Waals surface area contributed by atoms with Crippen molar-refractivity contribution in [3.63, 3.8) is 0 Å². The van der Waals surface area contributed by atoms with E-state index in [9.17, 15) is 4.39 Å². The Morgan fingerprint density at radius 2 is 1.95 bits per heavy atom. The first-order valence-corrected chi connectivity index (χ1v) is 6.23. The van der Waals surface area contributed by atoms with Crippen LogP contribution in [0.5, 0.6) is 0 Å². The molecular weight excluding hydrogens is 286 g/mol. The molecule has 2 nitrogen and oxygen atoms in total. The van der Waals surface area contributed by atoms with Crippen molar-refractivity contribution in [2.75, 3.05) is 5.32 Å². The Balaban J connectivity index is 2.19. The predicted octanol–water partition coefficient (Wildman–Crippen LogP) is 4.62. The highest BCUT2D eigenvalue weighted by Crippen LogP contribution is 2.23. The van der Waals surface area contributed by atoms with Crippen LogP contribution in [0.1, 0.15) is 11.1 Å². The maximum absolute atomic E-state index is 12.9. The van der Waals surface area contributed by atoms with Crippen LogP contribution in [-0.4, -0.2) is 0 Å². The summed E-state index contributed by atoms with van der Waals surface area (Å²) in [6, 6.07) is 11.2. The lowest BCUT2D eigenvalue weighted by molar-refractivity contribution is 0.627. The largest absolute Gasteiger partial charge is 0.380 e. The summed E-state index contributed by atoms with van der Waals surface area (Å²) >= 11 is 11.8. The third-order valence-electron chi connectivity index (χ3n) is 2.59. The van der Waals surface area contributed by atoms with Gasteiger partial charge in [-0.15, -0.1) is 0 Å². The molecule has 0 bridgehead atoms. The molecule has 0 aliphatic rings. The van der Waals surface area contributed by atoms with E-state index in [4.69, 9.17) is 28.5 Å². The Bertz CT molecular complexity index is 650. The molecule has 2 aromatic carbocycles. The van der Waals surface area contributed by atoms with Crippen molar-refractivity contribution in [1.29, 1.82) is 5.26 Å². The second-order valence-corrected chi connectivity index (χ2v) is 4.73. The number of anilines is 1. The Kier molecular flexibility index (Phi) is 4.26. The maximum Gasteiger partial charge on any atom is 0.124 e. The highest BCUT2D eigenvalue weighted by Gasteiger charge is 2.05. The topological polar surface area (TPSA) is 35.8 Å². The predicted molar refractivity (Wildman–Crippen MR) is 74.9 cm³/mol. The molecule has 0 unspecified atom stereocenters. The van der Waals surface area contributed by atoms with Crippen molar-refractivity contribution >= 4 is 28.9 Å². The van der Waals surface area contributed by atoms with Crippen molar-refractivity contribution in [2.24, 2.45) is 0 Å². The zero-order valence-corrected chi connectivity index (χ0v) is 11.3. The number of nitrogens with one attached hydrogen (secondary N) is 1. The third-order valence-corrected chi connectivity index (χ3v) is 3.17. The van der Waals surface area contributed by atoms with Crippen LogP contribution in [0.15, 0.2) is 36.4 Å². The average molecular weight is 295 g/mol. The number of nitrogens with zero attached hydrogens (tertiary/aromatic N) is 1. The Morgan fingerprint density at radius 1 is 1.16 bits per heavy atom. The second kappa shape index (κ2) is 5.92. The molecule has 0 saturated carbocycles. The first kappa shape index (κ1) is 13.7. The number of rotatable bonds is 3. The molecule has 0 heterocycles. The van der Waals surface area contributed by atoms with E-state index >= 15 is 0 Å². The van der Waals surface area contributed by atoms with Gasteiger partial charge in [-0.3, -0.25) is 0 Å². The van der Waals surface area contributed by atoms with Crippen LogP contribution in [0, 0.1) is 17.1 Å². The number of halogens is 3. The zero-order valence-electron chi connectivity index (χ0n) is 9.75. The van der Waals surface area contributed by atoms with Crippen molar-refractivity contribution in [3.8, 4) is 6.07 Å². The van der Waals surface area contributed by atoms with Gasteiger partial charge in [0, 0.05) is 16.6 Å². The van der Waals surface area contributed by atoms with Gasteiger partial charge >= 0.3 is 0 Å². The molecule has 5 heteroatoms. The van der Waals surface area contributed by atoms with E-state index in [0.29, 0.717) is 27.8 Å². The molecular formula is C14H9Cl2FN2. The van der Waals surface area contributed by atoms with Crippen LogP contribution in [0.25, 0.3) is 0 Å². The van der Waals surface area contributed by atoms with Gasteiger partial charge < -0.3 is 5.32 Å². The number of hydrogen-bond donors (Lipinski definition) is 1. The molecule has 2 aromatic rings. The van der Waals surface area contributed by atoms with E-state index in [-0.39, 0.29) is 5.82 Å². The summed E-state index contributed by atoms with van der Waals surface area (Å²) < 4.78 is 12.9. The average Bonchev–Trinajstić information content (AvgIpc) is 2.38. The molecule has 0 amide bonds. The van der Waals surface area contributed by atoms with E-state index < -0.39 is 0 Å². The summed E-state index contributed by atoms with van der Waals surface area (Å²) in [6.45, 7) is 0.383. The Morgan fingerprint density at radius 3 is 2.63 bits per heavy atom. The van der Waals surface area contributed by atoms with Crippen molar-refractivity contribution < 1.29 is 4.39 Å². The van der Waals surface area contributed by atoms with Crippen LogP contribution in [-0.2, 0) is 6.54 Å². The lowest BCUT2D eigenvalue weighted by Gasteiger charge is -2.10. The summed E-state index contributed by atoms with van der Waals surface area (Å²) in [4.78, 5) is 0. The van der Waals surface area contributed by atoms with Gasteiger partial charge in [0.1, 0.15) is 11.9 Å². The molecule has 0 aliphatic carbocycles. The van der Waals surface area contributed by atoms with Gasteiger partial charge in [-0.2, -0.15) is 5.26 Å². The minimum atomic E-state index is -0.380. The number of benzene rings is 2. The van der Waals surface area contributed by atoms with Crippen LogP contribution in [0.4, 0.5) is 10.1 Å². The van der Waals surface area contributed by atoms with Crippen molar-refractivity contribution in [3.05, 3.63) is 63.4 Å². The van der Waals surface area contributed by atoms with Crippen LogP contribution < -0.4 is 5.32 Å². The standard InChI is InChI=1S/C14H9Cl2FN2/c15-11-3-1-9(7-18)14(5-11)19-8-10-2-4-12(17)6-13(10)16/h1-6,19H,8H2. The molecule has 0 aromatic heterocycles. The summed E-state index contributed by atoms with van der Waals surface area (Å²) in [5, 5.41) is 12.9. The van der Waals surface area contributed by atoms with Gasteiger partial charge in [0.25, 0.3) is 0 Å².